The molecule has 31 heavy (non-hydrogen) atoms. The minimum absolute atomic E-state index is 0.0492. The minimum atomic E-state index is 0.0492. The van der Waals surface area contributed by atoms with E-state index in [2.05, 4.69) is 16.8 Å². The van der Waals surface area contributed by atoms with E-state index < -0.39 is 0 Å². The summed E-state index contributed by atoms with van der Waals surface area (Å²) in [6.45, 7) is 5.08. The predicted molar refractivity (Wildman–Crippen MR) is 127 cm³/mol. The number of likely N-dealkylation sites (N-methyl/N-ethyl adjacent to an activating group) is 2. The first-order chi connectivity index (χ1) is 14.9. The molecule has 2 fully saturated rings. The highest BCUT2D eigenvalue weighted by Crippen LogP contribution is 2.34. The number of carbonyl (C=O) groups is 1. The summed E-state index contributed by atoms with van der Waals surface area (Å²) in [6.07, 6.45) is 0.912. The molecule has 0 N–H and O–H groups in total. The molecule has 2 heterocycles. The monoisotopic (exact) mass is 461 g/mol. The molecule has 166 valence electrons. The maximum Gasteiger partial charge on any atom is 0.253 e. The van der Waals surface area contributed by atoms with Gasteiger partial charge in [0.15, 0.2) is 0 Å². The largest absolute Gasteiger partial charge is 0.378 e. The van der Waals surface area contributed by atoms with Gasteiger partial charge in [-0.05, 0) is 62.0 Å². The molecule has 0 bridgehead atoms. The van der Waals surface area contributed by atoms with Crippen molar-refractivity contribution < 1.29 is 9.53 Å². The average Bonchev–Trinajstić information content (AvgIpc) is 2.80. The van der Waals surface area contributed by atoms with Gasteiger partial charge in [-0.3, -0.25) is 4.79 Å². The fourth-order valence-corrected chi connectivity index (χ4v) is 4.93. The van der Waals surface area contributed by atoms with Crippen LogP contribution >= 0.6 is 23.2 Å². The van der Waals surface area contributed by atoms with E-state index >= 15 is 0 Å². The molecule has 0 spiro atoms. The maximum atomic E-state index is 13.3. The van der Waals surface area contributed by atoms with Crippen molar-refractivity contribution in [3.8, 4) is 0 Å². The van der Waals surface area contributed by atoms with Crippen LogP contribution in [0.4, 0.5) is 5.69 Å². The van der Waals surface area contributed by atoms with Crippen molar-refractivity contribution in [2.45, 2.75) is 18.4 Å². The van der Waals surface area contributed by atoms with Gasteiger partial charge in [0, 0.05) is 49.9 Å². The van der Waals surface area contributed by atoms with Crippen LogP contribution in [0.1, 0.15) is 28.3 Å². The molecule has 2 aromatic carbocycles. The number of morpholine rings is 1. The standard InChI is InChI=1S/C24H29Cl2N3O2/c1-27-10-9-23(20(16-27)18-5-8-21(25)22(26)15-18)28(2)24(30)17-3-6-19(7-4-17)29-11-13-31-14-12-29/h3-8,15,20,23H,9-14,16H2,1-2H3/t20-,23+/m0/s1. The number of ether oxygens (including phenoxy) is 1. The fourth-order valence-electron chi connectivity index (χ4n) is 4.63. The van der Waals surface area contributed by atoms with Gasteiger partial charge in [-0.1, -0.05) is 29.3 Å². The molecule has 1 amide bonds. The van der Waals surface area contributed by atoms with E-state index in [9.17, 15) is 4.79 Å². The first kappa shape index (κ1) is 22.4. The summed E-state index contributed by atoms with van der Waals surface area (Å²) in [5, 5.41) is 1.11. The van der Waals surface area contributed by atoms with Crippen LogP contribution in [0.15, 0.2) is 42.5 Å². The van der Waals surface area contributed by atoms with Crippen LogP contribution < -0.4 is 4.90 Å². The second kappa shape index (κ2) is 9.78. The lowest BCUT2D eigenvalue weighted by atomic mass is 9.85. The summed E-state index contributed by atoms with van der Waals surface area (Å²) in [5.41, 5.74) is 2.97. The lowest BCUT2D eigenvalue weighted by Gasteiger charge is -2.42. The molecule has 0 radical (unpaired) electrons. The number of hydrogen-bond donors (Lipinski definition) is 0. The van der Waals surface area contributed by atoms with Crippen LogP contribution in [0.25, 0.3) is 0 Å². The highest BCUT2D eigenvalue weighted by molar-refractivity contribution is 6.42. The van der Waals surface area contributed by atoms with Gasteiger partial charge in [0.25, 0.3) is 5.91 Å². The van der Waals surface area contributed by atoms with Crippen molar-refractivity contribution >= 4 is 34.8 Å². The topological polar surface area (TPSA) is 36.0 Å². The molecule has 7 heteroatoms. The fraction of sp³-hybridized carbons (Fsp3) is 0.458. The maximum absolute atomic E-state index is 13.3. The van der Waals surface area contributed by atoms with Crippen molar-refractivity contribution in [3.05, 3.63) is 63.6 Å². The van der Waals surface area contributed by atoms with E-state index in [1.807, 2.05) is 54.4 Å². The second-order valence-corrected chi connectivity index (χ2v) is 9.28. The predicted octanol–water partition coefficient (Wildman–Crippen LogP) is 4.39. The lowest BCUT2D eigenvalue weighted by molar-refractivity contribution is 0.0616. The van der Waals surface area contributed by atoms with E-state index in [1.165, 1.54) is 0 Å². The third-order valence-corrected chi connectivity index (χ3v) is 7.20. The molecule has 2 atom stereocenters. The quantitative estimate of drug-likeness (QED) is 0.676. The molecule has 2 aliphatic heterocycles. The SMILES string of the molecule is CN1CC[C@@H](N(C)C(=O)c2ccc(N3CCOCC3)cc2)[C@H](c2ccc(Cl)c(Cl)c2)C1. The summed E-state index contributed by atoms with van der Waals surface area (Å²) < 4.78 is 5.43. The first-order valence-corrected chi connectivity index (χ1v) is 11.5. The van der Waals surface area contributed by atoms with Crippen molar-refractivity contribution in [1.29, 1.82) is 0 Å². The van der Waals surface area contributed by atoms with Gasteiger partial charge >= 0.3 is 0 Å². The van der Waals surface area contributed by atoms with Gasteiger partial charge in [0.2, 0.25) is 0 Å². The highest BCUT2D eigenvalue weighted by atomic mass is 35.5. The Morgan fingerprint density at radius 1 is 1.03 bits per heavy atom. The van der Waals surface area contributed by atoms with Gasteiger partial charge in [-0.25, -0.2) is 0 Å². The van der Waals surface area contributed by atoms with E-state index in [4.69, 9.17) is 27.9 Å². The minimum Gasteiger partial charge on any atom is -0.378 e. The summed E-state index contributed by atoms with van der Waals surface area (Å²) in [6, 6.07) is 13.9. The number of hydrogen-bond acceptors (Lipinski definition) is 4. The summed E-state index contributed by atoms with van der Waals surface area (Å²) >= 11 is 12.4. The van der Waals surface area contributed by atoms with Crippen LogP contribution in [-0.4, -0.2) is 75.2 Å². The van der Waals surface area contributed by atoms with E-state index in [0.29, 0.717) is 15.6 Å². The van der Waals surface area contributed by atoms with Crippen molar-refractivity contribution in [2.24, 2.45) is 0 Å². The van der Waals surface area contributed by atoms with Gasteiger partial charge in [-0.15, -0.1) is 0 Å². The molecule has 2 aromatic rings. The second-order valence-electron chi connectivity index (χ2n) is 8.46. The third-order valence-electron chi connectivity index (χ3n) is 6.46. The summed E-state index contributed by atoms with van der Waals surface area (Å²) in [4.78, 5) is 19.8. The number of halogens is 2. The van der Waals surface area contributed by atoms with Crippen molar-refractivity contribution in [2.75, 3.05) is 58.4 Å². The zero-order chi connectivity index (χ0) is 22.0. The number of nitrogens with zero attached hydrogens (tertiary/aromatic N) is 3. The van der Waals surface area contributed by atoms with Crippen molar-refractivity contribution in [1.82, 2.24) is 9.80 Å². The Bertz CT molecular complexity index is 916. The van der Waals surface area contributed by atoms with Crippen LogP contribution in [0.2, 0.25) is 10.0 Å². The van der Waals surface area contributed by atoms with E-state index in [-0.39, 0.29) is 17.9 Å². The molecule has 2 aliphatic rings. The number of carbonyl (C=O) groups excluding carboxylic acids is 1. The van der Waals surface area contributed by atoms with Gasteiger partial charge in [0.05, 0.1) is 23.3 Å². The zero-order valence-corrected chi connectivity index (χ0v) is 19.6. The number of amides is 1. The molecule has 0 unspecified atom stereocenters. The Hall–Kier alpha value is -1.79. The Kier molecular flexibility index (Phi) is 7.07. The summed E-state index contributed by atoms with van der Waals surface area (Å²) in [7, 11) is 4.03. The smallest absolute Gasteiger partial charge is 0.253 e. The Balaban J connectivity index is 1.52. The first-order valence-electron chi connectivity index (χ1n) is 10.8. The van der Waals surface area contributed by atoms with Gasteiger partial charge in [-0.2, -0.15) is 0 Å². The van der Waals surface area contributed by atoms with E-state index in [1.54, 1.807) is 0 Å². The lowest BCUT2D eigenvalue weighted by Crippen LogP contribution is -2.49. The Morgan fingerprint density at radius 2 is 1.74 bits per heavy atom. The highest BCUT2D eigenvalue weighted by Gasteiger charge is 2.34. The molecule has 4 rings (SSSR count). The number of benzene rings is 2. The van der Waals surface area contributed by atoms with Crippen LogP contribution in [0, 0.1) is 0 Å². The molecule has 2 saturated heterocycles. The molecule has 5 nitrogen and oxygen atoms in total. The van der Waals surface area contributed by atoms with Gasteiger partial charge in [0.1, 0.15) is 0 Å². The Morgan fingerprint density at radius 3 is 2.42 bits per heavy atom. The van der Waals surface area contributed by atoms with Crippen LogP contribution in [-0.2, 0) is 4.74 Å². The molecule has 0 aromatic heterocycles. The molecule has 0 aliphatic carbocycles. The number of anilines is 1. The third kappa shape index (κ3) is 5.01. The summed E-state index contributed by atoms with van der Waals surface area (Å²) in [5.74, 6) is 0.225. The number of piperidine rings is 1. The van der Waals surface area contributed by atoms with Crippen LogP contribution in [0.5, 0.6) is 0 Å². The average molecular weight is 462 g/mol. The van der Waals surface area contributed by atoms with E-state index in [0.717, 1.165) is 57.1 Å². The van der Waals surface area contributed by atoms with Crippen molar-refractivity contribution in [3.63, 3.8) is 0 Å². The van der Waals surface area contributed by atoms with Crippen LogP contribution in [0.3, 0.4) is 0 Å². The molecular weight excluding hydrogens is 433 g/mol. The normalized spacial score (nSPS) is 22.4. The molecular formula is C24H29Cl2N3O2. The zero-order valence-electron chi connectivity index (χ0n) is 18.1. The number of likely N-dealkylation sites (tertiary alicyclic amines) is 1. The van der Waals surface area contributed by atoms with Gasteiger partial charge < -0.3 is 19.4 Å². The Labute approximate surface area is 194 Å². The number of rotatable bonds is 4. The molecule has 0 saturated carbocycles.